The lowest BCUT2D eigenvalue weighted by molar-refractivity contribution is 0.725. The van der Waals surface area contributed by atoms with Crippen molar-refractivity contribution >= 4 is 17.3 Å². The normalized spacial score (nSPS) is 16.4. The van der Waals surface area contributed by atoms with Gasteiger partial charge in [-0.3, -0.25) is 4.57 Å². The molecule has 0 spiro atoms. The highest BCUT2D eigenvalue weighted by molar-refractivity contribution is 6.30. The Hall–Kier alpha value is -2.33. The van der Waals surface area contributed by atoms with E-state index in [-0.39, 0.29) is 5.92 Å². The summed E-state index contributed by atoms with van der Waals surface area (Å²) >= 11 is 6.22. The van der Waals surface area contributed by atoms with Gasteiger partial charge in [0, 0.05) is 23.0 Å². The summed E-state index contributed by atoms with van der Waals surface area (Å²) in [6.07, 6.45) is 0. The van der Waals surface area contributed by atoms with Crippen LogP contribution < -0.4 is 5.32 Å². The van der Waals surface area contributed by atoms with E-state index in [1.54, 1.807) is 0 Å². The first-order valence-corrected chi connectivity index (χ1v) is 7.66. The number of anilines is 1. The number of hydrogen-bond acceptors (Lipinski definition) is 3. The molecular formula is C17H15ClN4. The molecule has 0 amide bonds. The molecule has 110 valence electrons. The standard InChI is InChI=1S/C17H15ClN4/c1-11-10-19-14-8-7-13(18)9-15(14)22-16(11)20-21-17(22)12-5-3-2-4-6-12/h2-9,11,19H,10H2,1H3/t11-/m0/s1. The Morgan fingerprint density at radius 3 is 2.77 bits per heavy atom. The zero-order valence-electron chi connectivity index (χ0n) is 12.1. The highest BCUT2D eigenvalue weighted by Gasteiger charge is 2.24. The lowest BCUT2D eigenvalue weighted by atomic mass is 10.1. The number of nitrogens with one attached hydrogen (secondary N) is 1. The first-order chi connectivity index (χ1) is 10.7. The van der Waals surface area contributed by atoms with Gasteiger partial charge in [0.1, 0.15) is 5.82 Å². The number of hydrogen-bond donors (Lipinski definition) is 1. The monoisotopic (exact) mass is 310 g/mol. The van der Waals surface area contributed by atoms with Crippen molar-refractivity contribution in [2.75, 3.05) is 11.9 Å². The molecule has 3 aromatic rings. The van der Waals surface area contributed by atoms with Crippen LogP contribution in [0.1, 0.15) is 18.7 Å². The summed E-state index contributed by atoms with van der Waals surface area (Å²) in [5.74, 6) is 2.05. The largest absolute Gasteiger partial charge is 0.383 e. The number of rotatable bonds is 1. The van der Waals surface area contributed by atoms with Gasteiger partial charge in [-0.25, -0.2) is 0 Å². The van der Waals surface area contributed by atoms with Gasteiger partial charge in [-0.2, -0.15) is 0 Å². The minimum Gasteiger partial charge on any atom is -0.383 e. The Bertz CT molecular complexity index is 826. The number of fused-ring (bicyclic) bond motifs is 3. The predicted octanol–water partition coefficient (Wildman–Crippen LogP) is 4.12. The van der Waals surface area contributed by atoms with Crippen LogP contribution in [0, 0.1) is 0 Å². The highest BCUT2D eigenvalue weighted by Crippen LogP contribution is 2.34. The second kappa shape index (κ2) is 5.14. The van der Waals surface area contributed by atoms with Gasteiger partial charge in [-0.15, -0.1) is 10.2 Å². The fraction of sp³-hybridized carbons (Fsp3) is 0.176. The fourth-order valence-electron chi connectivity index (χ4n) is 2.82. The van der Waals surface area contributed by atoms with Crippen LogP contribution in [0.4, 0.5) is 5.69 Å². The Balaban J connectivity index is 2.01. The van der Waals surface area contributed by atoms with Crippen molar-refractivity contribution in [1.82, 2.24) is 14.8 Å². The van der Waals surface area contributed by atoms with Gasteiger partial charge in [-0.1, -0.05) is 48.9 Å². The van der Waals surface area contributed by atoms with E-state index in [2.05, 4.69) is 27.0 Å². The average molecular weight is 311 g/mol. The summed E-state index contributed by atoms with van der Waals surface area (Å²) in [6, 6.07) is 16.0. The van der Waals surface area contributed by atoms with Gasteiger partial charge < -0.3 is 5.32 Å². The molecule has 2 aromatic carbocycles. The lowest BCUT2D eigenvalue weighted by Crippen LogP contribution is -2.09. The third-order valence-electron chi connectivity index (χ3n) is 3.96. The van der Waals surface area contributed by atoms with Crippen LogP contribution in [-0.4, -0.2) is 21.3 Å². The molecule has 1 atom stereocenters. The Morgan fingerprint density at radius 1 is 1.14 bits per heavy atom. The molecule has 0 aliphatic carbocycles. The van der Waals surface area contributed by atoms with Crippen molar-refractivity contribution in [3.63, 3.8) is 0 Å². The van der Waals surface area contributed by atoms with Crippen LogP contribution in [0.5, 0.6) is 0 Å². The van der Waals surface area contributed by atoms with Crippen molar-refractivity contribution < 1.29 is 0 Å². The van der Waals surface area contributed by atoms with E-state index in [9.17, 15) is 0 Å². The van der Waals surface area contributed by atoms with Crippen LogP contribution in [0.25, 0.3) is 17.1 Å². The maximum atomic E-state index is 6.22. The maximum Gasteiger partial charge on any atom is 0.168 e. The molecule has 1 aliphatic heterocycles. The Labute approximate surface area is 133 Å². The Kier molecular flexibility index (Phi) is 3.12. The van der Waals surface area contributed by atoms with E-state index < -0.39 is 0 Å². The number of halogens is 1. The van der Waals surface area contributed by atoms with Gasteiger partial charge in [0.2, 0.25) is 0 Å². The summed E-state index contributed by atoms with van der Waals surface area (Å²) in [5, 5.41) is 13.0. The summed E-state index contributed by atoms with van der Waals surface area (Å²) in [5.41, 5.74) is 3.09. The highest BCUT2D eigenvalue weighted by atomic mass is 35.5. The second-order valence-corrected chi connectivity index (χ2v) is 5.96. The predicted molar refractivity (Wildman–Crippen MR) is 88.7 cm³/mol. The topological polar surface area (TPSA) is 42.7 Å². The van der Waals surface area contributed by atoms with Crippen LogP contribution in [-0.2, 0) is 0 Å². The molecule has 0 saturated carbocycles. The zero-order chi connectivity index (χ0) is 15.1. The SMILES string of the molecule is C[C@H]1CNc2ccc(Cl)cc2-n2c(-c3ccccc3)nnc21. The van der Waals surface area contributed by atoms with Crippen LogP contribution in [0.15, 0.2) is 48.5 Å². The van der Waals surface area contributed by atoms with E-state index in [1.807, 2.05) is 48.5 Å². The van der Waals surface area contributed by atoms with E-state index in [0.29, 0.717) is 5.02 Å². The Morgan fingerprint density at radius 2 is 1.95 bits per heavy atom. The maximum absolute atomic E-state index is 6.22. The van der Waals surface area contributed by atoms with Crippen LogP contribution in [0.2, 0.25) is 5.02 Å². The van der Waals surface area contributed by atoms with Gasteiger partial charge in [0.15, 0.2) is 5.82 Å². The van der Waals surface area contributed by atoms with E-state index in [0.717, 1.165) is 35.1 Å². The molecular weight excluding hydrogens is 296 g/mol. The average Bonchev–Trinajstić information content (AvgIpc) is 2.94. The molecule has 1 N–H and O–H groups in total. The molecule has 1 aromatic heterocycles. The van der Waals surface area contributed by atoms with E-state index in [4.69, 9.17) is 11.6 Å². The second-order valence-electron chi connectivity index (χ2n) is 5.53. The minimum absolute atomic E-state index is 0.260. The molecule has 1 aliphatic rings. The van der Waals surface area contributed by atoms with Crippen molar-refractivity contribution in [2.45, 2.75) is 12.8 Å². The molecule has 22 heavy (non-hydrogen) atoms. The number of aromatic nitrogens is 3. The molecule has 0 radical (unpaired) electrons. The fourth-order valence-corrected chi connectivity index (χ4v) is 2.99. The van der Waals surface area contributed by atoms with Crippen molar-refractivity contribution in [3.05, 3.63) is 59.4 Å². The lowest BCUT2D eigenvalue weighted by Gasteiger charge is -2.12. The van der Waals surface area contributed by atoms with Crippen molar-refractivity contribution in [1.29, 1.82) is 0 Å². The number of benzene rings is 2. The number of nitrogens with zero attached hydrogens (tertiary/aromatic N) is 3. The summed E-state index contributed by atoms with van der Waals surface area (Å²) < 4.78 is 2.11. The van der Waals surface area contributed by atoms with Gasteiger partial charge in [0.05, 0.1) is 11.4 Å². The molecule has 4 nitrogen and oxygen atoms in total. The first kappa shape index (κ1) is 13.3. The third kappa shape index (κ3) is 2.07. The van der Waals surface area contributed by atoms with E-state index >= 15 is 0 Å². The van der Waals surface area contributed by atoms with Gasteiger partial charge >= 0.3 is 0 Å². The van der Waals surface area contributed by atoms with Gasteiger partial charge in [-0.05, 0) is 18.2 Å². The smallest absolute Gasteiger partial charge is 0.168 e. The molecule has 2 heterocycles. The minimum atomic E-state index is 0.260. The van der Waals surface area contributed by atoms with Crippen molar-refractivity contribution in [3.8, 4) is 17.1 Å². The van der Waals surface area contributed by atoms with Crippen LogP contribution >= 0.6 is 11.6 Å². The molecule has 0 unspecified atom stereocenters. The van der Waals surface area contributed by atoms with Crippen molar-refractivity contribution in [2.24, 2.45) is 0 Å². The molecule has 0 fully saturated rings. The quantitative estimate of drug-likeness (QED) is 0.735. The summed E-state index contributed by atoms with van der Waals surface area (Å²) in [4.78, 5) is 0. The van der Waals surface area contributed by atoms with E-state index in [1.165, 1.54) is 0 Å². The summed E-state index contributed by atoms with van der Waals surface area (Å²) in [7, 11) is 0. The summed E-state index contributed by atoms with van der Waals surface area (Å²) in [6.45, 7) is 2.97. The zero-order valence-corrected chi connectivity index (χ0v) is 12.9. The third-order valence-corrected chi connectivity index (χ3v) is 4.20. The molecule has 0 bridgehead atoms. The van der Waals surface area contributed by atoms with Gasteiger partial charge in [0.25, 0.3) is 0 Å². The van der Waals surface area contributed by atoms with Crippen LogP contribution in [0.3, 0.4) is 0 Å². The molecule has 0 saturated heterocycles. The first-order valence-electron chi connectivity index (χ1n) is 7.28. The molecule has 4 rings (SSSR count). The molecule has 5 heteroatoms.